The van der Waals surface area contributed by atoms with Gasteiger partial charge in [0.1, 0.15) is 11.4 Å². The van der Waals surface area contributed by atoms with E-state index < -0.39 is 4.92 Å². The molecule has 0 saturated carbocycles. The Balaban J connectivity index is 1.67. The summed E-state index contributed by atoms with van der Waals surface area (Å²) in [6, 6.07) is 15.8. The monoisotopic (exact) mass is 369 g/mol. The van der Waals surface area contributed by atoms with E-state index in [2.05, 4.69) is 10.3 Å². The zero-order valence-electron chi connectivity index (χ0n) is 13.8. The Labute approximate surface area is 153 Å². The number of aromatic nitrogens is 1. The van der Waals surface area contributed by atoms with E-state index in [0.29, 0.717) is 10.8 Å². The van der Waals surface area contributed by atoms with E-state index in [1.165, 1.54) is 31.0 Å². The predicted octanol–water partition coefficient (Wildman–Crippen LogP) is 3.88. The largest absolute Gasteiger partial charge is 0.496 e. The van der Waals surface area contributed by atoms with Crippen LogP contribution in [0, 0.1) is 10.1 Å². The maximum atomic E-state index is 12.2. The SMILES string of the molecule is COc1ccc(NC(=O)CSc2ccc3ccccc3n2)c([N+](=O)[O-])c1. The molecule has 0 aliphatic rings. The quantitative estimate of drug-likeness (QED) is 0.402. The zero-order chi connectivity index (χ0) is 18.5. The minimum Gasteiger partial charge on any atom is -0.496 e. The highest BCUT2D eigenvalue weighted by molar-refractivity contribution is 7.99. The van der Waals surface area contributed by atoms with Crippen LogP contribution in [0.4, 0.5) is 11.4 Å². The van der Waals surface area contributed by atoms with Gasteiger partial charge in [0.25, 0.3) is 5.69 Å². The second kappa shape index (κ2) is 7.83. The maximum Gasteiger partial charge on any atom is 0.296 e. The number of ether oxygens (including phenoxy) is 1. The van der Waals surface area contributed by atoms with Crippen LogP contribution >= 0.6 is 11.8 Å². The molecule has 7 nitrogen and oxygen atoms in total. The number of nitrogens with zero attached hydrogens (tertiary/aromatic N) is 2. The molecule has 0 unspecified atom stereocenters. The summed E-state index contributed by atoms with van der Waals surface area (Å²) in [6.07, 6.45) is 0. The number of carbonyl (C=O) groups is 1. The van der Waals surface area contributed by atoms with Crippen LogP contribution in [-0.4, -0.2) is 28.7 Å². The molecule has 132 valence electrons. The molecule has 1 amide bonds. The van der Waals surface area contributed by atoms with Gasteiger partial charge in [0, 0.05) is 5.39 Å². The first-order chi connectivity index (χ1) is 12.6. The van der Waals surface area contributed by atoms with Gasteiger partial charge in [-0.15, -0.1) is 0 Å². The van der Waals surface area contributed by atoms with E-state index in [1.807, 2.05) is 36.4 Å². The molecule has 1 heterocycles. The average Bonchev–Trinajstić information content (AvgIpc) is 2.66. The van der Waals surface area contributed by atoms with E-state index in [4.69, 9.17) is 4.74 Å². The first-order valence-corrected chi connectivity index (χ1v) is 8.66. The number of fused-ring (bicyclic) bond motifs is 1. The van der Waals surface area contributed by atoms with Gasteiger partial charge in [0.05, 0.1) is 34.4 Å². The lowest BCUT2D eigenvalue weighted by molar-refractivity contribution is -0.384. The highest BCUT2D eigenvalue weighted by Crippen LogP contribution is 2.29. The van der Waals surface area contributed by atoms with Gasteiger partial charge >= 0.3 is 0 Å². The zero-order valence-corrected chi connectivity index (χ0v) is 14.7. The molecule has 0 fully saturated rings. The summed E-state index contributed by atoms with van der Waals surface area (Å²) < 4.78 is 4.98. The van der Waals surface area contributed by atoms with Gasteiger partial charge in [-0.3, -0.25) is 14.9 Å². The highest BCUT2D eigenvalue weighted by atomic mass is 32.2. The van der Waals surface area contributed by atoms with Crippen LogP contribution in [0.15, 0.2) is 59.6 Å². The third-order valence-electron chi connectivity index (χ3n) is 3.60. The smallest absolute Gasteiger partial charge is 0.296 e. The van der Waals surface area contributed by atoms with Gasteiger partial charge in [0.15, 0.2) is 0 Å². The van der Waals surface area contributed by atoms with Crippen LogP contribution in [0.3, 0.4) is 0 Å². The molecular weight excluding hydrogens is 354 g/mol. The molecule has 1 aromatic heterocycles. The van der Waals surface area contributed by atoms with Crippen molar-refractivity contribution in [1.82, 2.24) is 4.98 Å². The van der Waals surface area contributed by atoms with E-state index in [9.17, 15) is 14.9 Å². The van der Waals surface area contributed by atoms with Crippen molar-refractivity contribution in [1.29, 1.82) is 0 Å². The van der Waals surface area contributed by atoms with E-state index in [-0.39, 0.29) is 23.0 Å². The lowest BCUT2D eigenvalue weighted by Gasteiger charge is -2.07. The topological polar surface area (TPSA) is 94.4 Å². The van der Waals surface area contributed by atoms with Gasteiger partial charge in [-0.05, 0) is 24.3 Å². The highest BCUT2D eigenvalue weighted by Gasteiger charge is 2.17. The fraction of sp³-hybridized carbons (Fsp3) is 0.111. The molecular formula is C18H15N3O4S. The summed E-state index contributed by atoms with van der Waals surface area (Å²) in [5.41, 5.74) is 0.767. The lowest BCUT2D eigenvalue weighted by Crippen LogP contribution is -2.15. The number of methoxy groups -OCH3 is 1. The third kappa shape index (κ3) is 4.09. The molecule has 0 spiro atoms. The number of hydrogen-bond acceptors (Lipinski definition) is 6. The molecule has 0 aliphatic carbocycles. The molecule has 0 radical (unpaired) electrons. The van der Waals surface area contributed by atoms with Crippen LogP contribution in [-0.2, 0) is 4.79 Å². The molecule has 8 heteroatoms. The molecule has 1 N–H and O–H groups in total. The second-order valence-corrected chi connectivity index (χ2v) is 6.31. The number of nitro benzene ring substituents is 1. The molecule has 2 aromatic carbocycles. The fourth-order valence-electron chi connectivity index (χ4n) is 2.35. The van der Waals surface area contributed by atoms with Crippen LogP contribution in [0.1, 0.15) is 0 Å². The number of para-hydroxylation sites is 1. The van der Waals surface area contributed by atoms with Gasteiger partial charge < -0.3 is 10.1 Å². The Morgan fingerprint density at radius 1 is 1.23 bits per heavy atom. The van der Waals surface area contributed by atoms with Crippen molar-refractivity contribution in [2.75, 3.05) is 18.2 Å². The van der Waals surface area contributed by atoms with Crippen molar-refractivity contribution in [3.8, 4) is 5.75 Å². The average molecular weight is 369 g/mol. The van der Waals surface area contributed by atoms with Crippen molar-refractivity contribution in [2.24, 2.45) is 0 Å². The molecule has 0 atom stereocenters. The number of nitrogens with one attached hydrogen (secondary N) is 1. The van der Waals surface area contributed by atoms with Crippen molar-refractivity contribution in [3.05, 3.63) is 64.7 Å². The summed E-state index contributed by atoms with van der Waals surface area (Å²) >= 11 is 1.27. The molecule has 0 bridgehead atoms. The summed E-state index contributed by atoms with van der Waals surface area (Å²) in [5, 5.41) is 15.5. The molecule has 0 saturated heterocycles. The van der Waals surface area contributed by atoms with Gasteiger partial charge in [-0.1, -0.05) is 36.0 Å². The number of nitro groups is 1. The van der Waals surface area contributed by atoms with Crippen LogP contribution in [0.2, 0.25) is 0 Å². The number of pyridine rings is 1. The Morgan fingerprint density at radius 2 is 2.04 bits per heavy atom. The minimum atomic E-state index is -0.559. The normalized spacial score (nSPS) is 10.5. The summed E-state index contributed by atoms with van der Waals surface area (Å²) in [6.45, 7) is 0. The maximum absolute atomic E-state index is 12.2. The minimum absolute atomic E-state index is 0.0918. The van der Waals surface area contributed by atoms with E-state index >= 15 is 0 Å². The first kappa shape index (κ1) is 17.7. The number of hydrogen-bond donors (Lipinski definition) is 1. The Bertz CT molecular complexity index is 978. The lowest BCUT2D eigenvalue weighted by atomic mass is 10.2. The first-order valence-electron chi connectivity index (χ1n) is 7.67. The summed E-state index contributed by atoms with van der Waals surface area (Å²) in [7, 11) is 1.42. The van der Waals surface area contributed by atoms with Crippen molar-refractivity contribution >= 4 is 39.9 Å². The third-order valence-corrected chi connectivity index (χ3v) is 4.53. The van der Waals surface area contributed by atoms with Crippen LogP contribution in [0.5, 0.6) is 5.75 Å². The van der Waals surface area contributed by atoms with E-state index in [0.717, 1.165) is 10.9 Å². The van der Waals surface area contributed by atoms with Crippen LogP contribution < -0.4 is 10.1 Å². The fourth-order valence-corrected chi connectivity index (χ4v) is 3.03. The molecule has 0 aliphatic heterocycles. The number of benzene rings is 2. The summed E-state index contributed by atoms with van der Waals surface area (Å²) in [5.74, 6) is 0.0943. The number of rotatable bonds is 6. The molecule has 3 rings (SSSR count). The van der Waals surface area contributed by atoms with Crippen molar-refractivity contribution in [3.63, 3.8) is 0 Å². The molecule has 26 heavy (non-hydrogen) atoms. The summed E-state index contributed by atoms with van der Waals surface area (Å²) in [4.78, 5) is 27.2. The van der Waals surface area contributed by atoms with Crippen molar-refractivity contribution < 1.29 is 14.5 Å². The van der Waals surface area contributed by atoms with Gasteiger partial charge in [0.2, 0.25) is 5.91 Å². The number of carbonyl (C=O) groups excluding carboxylic acids is 1. The number of thioether (sulfide) groups is 1. The predicted molar refractivity (Wildman–Crippen MR) is 101 cm³/mol. The molecule has 3 aromatic rings. The Morgan fingerprint density at radius 3 is 2.81 bits per heavy atom. The van der Waals surface area contributed by atoms with Gasteiger partial charge in [-0.25, -0.2) is 4.98 Å². The van der Waals surface area contributed by atoms with Gasteiger partial charge in [-0.2, -0.15) is 0 Å². The second-order valence-electron chi connectivity index (χ2n) is 5.32. The van der Waals surface area contributed by atoms with E-state index in [1.54, 1.807) is 6.07 Å². The number of anilines is 1. The standard InChI is InChI=1S/C18H15N3O4S/c1-25-13-7-8-15(16(10-13)21(23)24)19-17(22)11-26-18-9-6-12-4-2-3-5-14(12)20-18/h2-10H,11H2,1H3,(H,19,22). The number of amides is 1. The van der Waals surface area contributed by atoms with Crippen molar-refractivity contribution in [2.45, 2.75) is 5.03 Å². The Kier molecular flexibility index (Phi) is 5.33. The Hall–Kier alpha value is -3.13. The van der Waals surface area contributed by atoms with Crippen LogP contribution in [0.25, 0.3) is 10.9 Å².